The summed E-state index contributed by atoms with van der Waals surface area (Å²) in [6.45, 7) is 0. The summed E-state index contributed by atoms with van der Waals surface area (Å²) in [5.74, 6) is -0.706. The molecule has 92 valence electrons. The Morgan fingerprint density at radius 2 is 2.22 bits per heavy atom. The Morgan fingerprint density at radius 1 is 1.44 bits per heavy atom. The van der Waals surface area contributed by atoms with Crippen molar-refractivity contribution in [3.05, 3.63) is 50.9 Å². The molecule has 2 rings (SSSR count). The molecule has 0 bridgehead atoms. The van der Waals surface area contributed by atoms with Crippen molar-refractivity contribution in [2.75, 3.05) is 5.32 Å². The molecule has 2 aromatic heterocycles. The van der Waals surface area contributed by atoms with Crippen LogP contribution in [0, 0.1) is 10.1 Å². The summed E-state index contributed by atoms with van der Waals surface area (Å²) >= 11 is 3.18. The summed E-state index contributed by atoms with van der Waals surface area (Å²) in [5.41, 5.74) is 0.595. The molecule has 0 unspecified atom stereocenters. The maximum Gasteiger partial charge on any atom is 0.321 e. The maximum atomic E-state index is 11.8. The number of halogens is 1. The number of hydrogen-bond donors (Lipinski definition) is 2. The second-order valence-corrected chi connectivity index (χ2v) is 4.06. The van der Waals surface area contributed by atoms with Crippen molar-refractivity contribution in [1.29, 1.82) is 0 Å². The zero-order chi connectivity index (χ0) is 13.1. The fourth-order valence-corrected chi connectivity index (χ4v) is 1.64. The summed E-state index contributed by atoms with van der Waals surface area (Å²) in [6.07, 6.45) is 1.57. The highest BCUT2D eigenvalue weighted by Gasteiger charge is 2.16. The number of carbonyl (C=O) groups excluding carboxylic acids is 1. The third-order valence-corrected chi connectivity index (χ3v) is 2.75. The van der Waals surface area contributed by atoms with Gasteiger partial charge < -0.3 is 15.4 Å². The topological polar surface area (TPSA) is 101 Å². The van der Waals surface area contributed by atoms with E-state index in [-0.39, 0.29) is 11.5 Å². The number of aromatic amines is 1. The zero-order valence-electron chi connectivity index (χ0n) is 8.88. The summed E-state index contributed by atoms with van der Waals surface area (Å²) in [5, 5.41) is 13.1. The first-order valence-corrected chi connectivity index (χ1v) is 5.62. The number of nitrogens with one attached hydrogen (secondary N) is 2. The Kier molecular flexibility index (Phi) is 3.38. The van der Waals surface area contributed by atoms with Crippen LogP contribution in [0.3, 0.4) is 0 Å². The molecule has 0 aliphatic rings. The largest absolute Gasteiger partial charge is 0.358 e. The molecule has 0 atom stereocenters. The monoisotopic (exact) mass is 310 g/mol. The van der Waals surface area contributed by atoms with Gasteiger partial charge in [-0.3, -0.25) is 4.79 Å². The number of pyridine rings is 1. The first kappa shape index (κ1) is 12.2. The summed E-state index contributed by atoms with van der Waals surface area (Å²) < 4.78 is 0.486. The van der Waals surface area contributed by atoms with Crippen molar-refractivity contribution in [3.8, 4) is 0 Å². The predicted molar refractivity (Wildman–Crippen MR) is 67.3 cm³/mol. The number of hydrogen-bond acceptors (Lipinski definition) is 4. The summed E-state index contributed by atoms with van der Waals surface area (Å²) in [4.78, 5) is 28.0. The molecule has 7 nitrogen and oxygen atoms in total. The molecule has 2 heterocycles. The maximum absolute atomic E-state index is 11.8. The van der Waals surface area contributed by atoms with Crippen molar-refractivity contribution in [2.24, 2.45) is 0 Å². The van der Waals surface area contributed by atoms with Crippen LogP contribution < -0.4 is 5.32 Å². The van der Waals surface area contributed by atoms with E-state index in [0.717, 1.165) is 0 Å². The molecule has 0 fully saturated rings. The second kappa shape index (κ2) is 4.96. The molecule has 2 aromatic rings. The van der Waals surface area contributed by atoms with E-state index in [9.17, 15) is 14.9 Å². The Bertz CT molecular complexity index is 611. The lowest BCUT2D eigenvalue weighted by Gasteiger charge is -2.03. The molecule has 18 heavy (non-hydrogen) atoms. The molecular formula is C10H7BrN4O3. The fourth-order valence-electron chi connectivity index (χ4n) is 1.29. The Morgan fingerprint density at radius 3 is 2.83 bits per heavy atom. The molecule has 2 N–H and O–H groups in total. The van der Waals surface area contributed by atoms with Crippen molar-refractivity contribution >= 4 is 33.3 Å². The highest BCUT2D eigenvalue weighted by Crippen LogP contribution is 2.19. The van der Waals surface area contributed by atoms with Crippen molar-refractivity contribution in [3.63, 3.8) is 0 Å². The van der Waals surface area contributed by atoms with E-state index in [1.54, 1.807) is 18.3 Å². The van der Waals surface area contributed by atoms with Crippen molar-refractivity contribution in [1.82, 2.24) is 9.97 Å². The van der Waals surface area contributed by atoms with Crippen LogP contribution in [-0.4, -0.2) is 20.8 Å². The molecule has 0 saturated heterocycles. The average Bonchev–Trinajstić information content (AvgIpc) is 2.81. The number of aromatic nitrogens is 2. The van der Waals surface area contributed by atoms with E-state index in [1.807, 2.05) is 0 Å². The lowest BCUT2D eigenvalue weighted by molar-refractivity contribution is -0.389. The molecule has 0 aromatic carbocycles. The van der Waals surface area contributed by atoms with Gasteiger partial charge in [0.05, 0.1) is 5.69 Å². The average molecular weight is 311 g/mol. The highest BCUT2D eigenvalue weighted by molar-refractivity contribution is 9.10. The van der Waals surface area contributed by atoms with Gasteiger partial charge >= 0.3 is 5.82 Å². The normalized spacial score (nSPS) is 10.1. The van der Waals surface area contributed by atoms with Crippen LogP contribution in [0.1, 0.15) is 10.5 Å². The van der Waals surface area contributed by atoms with Gasteiger partial charge in [-0.05, 0) is 39.1 Å². The lowest BCUT2D eigenvalue weighted by Crippen LogP contribution is -2.13. The quantitative estimate of drug-likeness (QED) is 0.516. The van der Waals surface area contributed by atoms with Crippen LogP contribution >= 0.6 is 15.9 Å². The molecule has 8 heteroatoms. The minimum absolute atomic E-state index is 0.109. The standard InChI is InChI=1S/C10H7BrN4O3/c11-9-6(2-1-5-12-9)14-10(16)7-3-4-8(13-7)15(17)18/h1-5,13H,(H,14,16). The van der Waals surface area contributed by atoms with Gasteiger partial charge in [0.1, 0.15) is 4.60 Å². The van der Waals surface area contributed by atoms with E-state index in [0.29, 0.717) is 10.3 Å². The molecular weight excluding hydrogens is 304 g/mol. The second-order valence-electron chi connectivity index (χ2n) is 3.31. The lowest BCUT2D eigenvalue weighted by atomic mass is 10.3. The number of nitro groups is 1. The minimum atomic E-state index is -0.600. The first-order valence-electron chi connectivity index (χ1n) is 4.83. The predicted octanol–water partition coefficient (Wildman–Crippen LogP) is 2.33. The summed E-state index contributed by atoms with van der Waals surface area (Å²) in [6, 6.07) is 5.90. The number of rotatable bonds is 3. The van der Waals surface area contributed by atoms with Crippen molar-refractivity contribution < 1.29 is 9.72 Å². The molecule has 0 spiro atoms. The molecule has 0 radical (unpaired) electrons. The molecule has 0 aliphatic carbocycles. The van der Waals surface area contributed by atoms with E-state index in [4.69, 9.17) is 0 Å². The number of carbonyl (C=O) groups is 1. The van der Waals surface area contributed by atoms with Gasteiger partial charge in [-0.1, -0.05) is 0 Å². The Balaban J connectivity index is 2.17. The van der Waals surface area contributed by atoms with Crippen LogP contribution in [0.5, 0.6) is 0 Å². The number of anilines is 1. The molecule has 0 aliphatic heterocycles. The van der Waals surface area contributed by atoms with E-state index in [2.05, 4.69) is 31.2 Å². The number of amides is 1. The van der Waals surface area contributed by atoms with Gasteiger partial charge in [-0.2, -0.15) is 0 Å². The van der Waals surface area contributed by atoms with Gasteiger partial charge in [-0.25, -0.2) is 9.97 Å². The van der Waals surface area contributed by atoms with Gasteiger partial charge in [0.2, 0.25) is 0 Å². The third-order valence-electron chi connectivity index (χ3n) is 2.12. The Hall–Kier alpha value is -2.22. The van der Waals surface area contributed by atoms with Crippen LogP contribution in [0.4, 0.5) is 11.5 Å². The zero-order valence-corrected chi connectivity index (χ0v) is 10.5. The third kappa shape index (κ3) is 2.54. The van der Waals surface area contributed by atoms with Crippen LogP contribution in [0.25, 0.3) is 0 Å². The van der Waals surface area contributed by atoms with Gasteiger partial charge in [-0.15, -0.1) is 0 Å². The number of nitrogens with zero attached hydrogens (tertiary/aromatic N) is 2. The first-order chi connectivity index (χ1) is 8.58. The van der Waals surface area contributed by atoms with E-state index < -0.39 is 10.8 Å². The van der Waals surface area contributed by atoms with Crippen LogP contribution in [0.2, 0.25) is 0 Å². The number of H-pyrrole nitrogens is 1. The molecule has 0 saturated carbocycles. The smallest absolute Gasteiger partial charge is 0.321 e. The SMILES string of the molecule is O=C(Nc1cccnc1Br)c1ccc([N+](=O)[O-])[nH]1. The van der Waals surface area contributed by atoms with Crippen molar-refractivity contribution in [2.45, 2.75) is 0 Å². The van der Waals surface area contributed by atoms with Gasteiger partial charge in [0.15, 0.2) is 5.69 Å². The minimum Gasteiger partial charge on any atom is -0.358 e. The molecule has 1 amide bonds. The van der Waals surface area contributed by atoms with Crippen LogP contribution in [0.15, 0.2) is 35.1 Å². The van der Waals surface area contributed by atoms with Crippen LogP contribution in [-0.2, 0) is 0 Å². The van der Waals surface area contributed by atoms with Gasteiger partial charge in [0.25, 0.3) is 5.91 Å². The van der Waals surface area contributed by atoms with Gasteiger partial charge in [0, 0.05) is 12.3 Å². The summed E-state index contributed by atoms with van der Waals surface area (Å²) in [7, 11) is 0. The van der Waals surface area contributed by atoms with E-state index in [1.165, 1.54) is 12.1 Å². The van der Waals surface area contributed by atoms with E-state index >= 15 is 0 Å². The fraction of sp³-hybridized carbons (Fsp3) is 0. The Labute approximate surface area is 110 Å². The highest BCUT2D eigenvalue weighted by atomic mass is 79.9.